The first kappa shape index (κ1) is 8.19. The summed E-state index contributed by atoms with van der Waals surface area (Å²) >= 11 is 0. The fraction of sp³-hybridized carbons (Fsp3) is 1.00. The van der Waals surface area contributed by atoms with Crippen molar-refractivity contribution in [2.24, 2.45) is 40.4 Å². The molecule has 5 rings (SSSR count). The lowest BCUT2D eigenvalue weighted by Gasteiger charge is -2.35. The maximum Gasteiger partial charge on any atom is -0.0261 e. The first-order chi connectivity index (χ1) is 6.56. The van der Waals surface area contributed by atoms with Gasteiger partial charge >= 0.3 is 0 Å². The van der Waals surface area contributed by atoms with Crippen molar-refractivity contribution in [2.75, 3.05) is 0 Å². The summed E-state index contributed by atoms with van der Waals surface area (Å²) in [6.07, 6.45) is 6.17. The van der Waals surface area contributed by atoms with Crippen LogP contribution in [0.25, 0.3) is 0 Å². The Labute approximate surface area is 87.5 Å². The minimum Gasteiger partial charge on any atom is -0.0596 e. The van der Waals surface area contributed by atoms with E-state index in [0.29, 0.717) is 5.41 Å². The van der Waals surface area contributed by atoms with E-state index in [2.05, 4.69) is 20.8 Å². The van der Waals surface area contributed by atoms with Gasteiger partial charge in [-0.05, 0) is 59.7 Å². The summed E-state index contributed by atoms with van der Waals surface area (Å²) in [6, 6.07) is 0. The van der Waals surface area contributed by atoms with Gasteiger partial charge in [0.05, 0.1) is 0 Å². The maximum atomic E-state index is 2.63. The van der Waals surface area contributed by atoms with Gasteiger partial charge in [0.15, 0.2) is 0 Å². The highest BCUT2D eigenvalue weighted by molar-refractivity contribution is 5.27. The highest BCUT2D eigenvalue weighted by Gasteiger charge is 2.79. The molecule has 0 spiro atoms. The smallest absolute Gasteiger partial charge is 0.0261 e. The van der Waals surface area contributed by atoms with Gasteiger partial charge in [0.2, 0.25) is 0 Å². The Kier molecular flexibility index (Phi) is 1.14. The SMILES string of the molecule is CC1(C)CCCC2(C)C3CC4C(C31)C42. The Bertz CT molecular complexity index is 303. The van der Waals surface area contributed by atoms with Crippen molar-refractivity contribution in [1.29, 1.82) is 0 Å². The van der Waals surface area contributed by atoms with Crippen molar-refractivity contribution in [3.8, 4) is 0 Å². The molecule has 0 nitrogen and oxygen atoms in total. The third-order valence-electron chi connectivity index (χ3n) is 6.65. The molecule has 6 atom stereocenters. The summed E-state index contributed by atoms with van der Waals surface area (Å²) in [6.45, 7) is 7.74. The lowest BCUT2D eigenvalue weighted by Crippen LogP contribution is -2.28. The second kappa shape index (κ2) is 1.95. The zero-order valence-corrected chi connectivity index (χ0v) is 9.72. The van der Waals surface area contributed by atoms with Crippen LogP contribution in [0.1, 0.15) is 46.5 Å². The van der Waals surface area contributed by atoms with Crippen LogP contribution in [0, 0.1) is 40.4 Å². The standard InChI is InChI=1S/C14H22/c1-13(2)5-4-6-14(3)9-7-8-10(11(8)14)12(9)13/h8-12H,4-7H2,1-3H3. The summed E-state index contributed by atoms with van der Waals surface area (Å²) < 4.78 is 0. The third-order valence-corrected chi connectivity index (χ3v) is 6.65. The van der Waals surface area contributed by atoms with E-state index in [1.165, 1.54) is 30.6 Å². The van der Waals surface area contributed by atoms with Crippen molar-refractivity contribution in [3.05, 3.63) is 0 Å². The van der Waals surface area contributed by atoms with Gasteiger partial charge in [0.25, 0.3) is 0 Å². The van der Waals surface area contributed by atoms with Gasteiger partial charge in [-0.15, -0.1) is 0 Å². The molecule has 0 aromatic rings. The third kappa shape index (κ3) is 0.630. The number of hydrogen-bond acceptors (Lipinski definition) is 0. The minimum absolute atomic E-state index is 0.674. The molecule has 0 radical (unpaired) electrons. The van der Waals surface area contributed by atoms with E-state index in [1.807, 2.05) is 0 Å². The molecular formula is C14H22. The summed E-state index contributed by atoms with van der Waals surface area (Å²) in [5.41, 5.74) is 1.47. The van der Waals surface area contributed by atoms with E-state index < -0.39 is 0 Å². The molecule has 6 bridgehead atoms. The van der Waals surface area contributed by atoms with Crippen molar-refractivity contribution in [1.82, 2.24) is 0 Å². The Morgan fingerprint density at radius 3 is 2.50 bits per heavy atom. The lowest BCUT2D eigenvalue weighted by molar-refractivity contribution is 0.137. The molecule has 0 amide bonds. The van der Waals surface area contributed by atoms with Crippen molar-refractivity contribution >= 4 is 0 Å². The van der Waals surface area contributed by atoms with Gasteiger partial charge in [0.1, 0.15) is 0 Å². The van der Waals surface area contributed by atoms with Gasteiger partial charge in [-0.3, -0.25) is 0 Å². The van der Waals surface area contributed by atoms with Gasteiger partial charge < -0.3 is 0 Å². The van der Waals surface area contributed by atoms with E-state index in [1.54, 1.807) is 12.8 Å². The lowest BCUT2D eigenvalue weighted by atomic mass is 9.70. The van der Waals surface area contributed by atoms with Crippen molar-refractivity contribution in [2.45, 2.75) is 46.5 Å². The first-order valence-electron chi connectivity index (χ1n) is 6.56. The normalized spacial score (nSPS) is 66.6. The predicted octanol–water partition coefficient (Wildman–Crippen LogP) is 3.71. The van der Waals surface area contributed by atoms with E-state index in [4.69, 9.17) is 0 Å². The van der Waals surface area contributed by atoms with E-state index >= 15 is 0 Å². The molecule has 0 aromatic heterocycles. The summed E-state index contributed by atoms with van der Waals surface area (Å²) in [5, 5.41) is 0. The van der Waals surface area contributed by atoms with Gasteiger partial charge in [-0.1, -0.05) is 27.2 Å². The van der Waals surface area contributed by atoms with Crippen LogP contribution in [-0.4, -0.2) is 0 Å². The fourth-order valence-electron chi connectivity index (χ4n) is 6.27. The topological polar surface area (TPSA) is 0 Å². The van der Waals surface area contributed by atoms with Crippen LogP contribution >= 0.6 is 0 Å². The fourth-order valence-corrected chi connectivity index (χ4v) is 6.27. The maximum absolute atomic E-state index is 2.63. The molecule has 5 saturated carbocycles. The second-order valence-corrected chi connectivity index (χ2v) is 7.48. The van der Waals surface area contributed by atoms with E-state index in [9.17, 15) is 0 Å². The molecule has 5 aliphatic rings. The molecule has 6 unspecified atom stereocenters. The van der Waals surface area contributed by atoms with Crippen LogP contribution in [-0.2, 0) is 0 Å². The molecule has 0 N–H and O–H groups in total. The average Bonchev–Trinajstić information content (AvgIpc) is 2.46. The van der Waals surface area contributed by atoms with Crippen LogP contribution in [0.15, 0.2) is 0 Å². The monoisotopic (exact) mass is 190 g/mol. The van der Waals surface area contributed by atoms with Gasteiger partial charge in [-0.2, -0.15) is 0 Å². The molecule has 0 aliphatic heterocycles. The predicted molar refractivity (Wildman–Crippen MR) is 57.8 cm³/mol. The Morgan fingerprint density at radius 1 is 1.00 bits per heavy atom. The van der Waals surface area contributed by atoms with E-state index in [0.717, 1.165) is 17.3 Å². The van der Waals surface area contributed by atoms with Crippen molar-refractivity contribution in [3.63, 3.8) is 0 Å². The largest absolute Gasteiger partial charge is 0.0596 e. The van der Waals surface area contributed by atoms with Crippen LogP contribution < -0.4 is 0 Å². The van der Waals surface area contributed by atoms with Gasteiger partial charge in [0, 0.05) is 0 Å². The Balaban J connectivity index is 1.86. The highest BCUT2D eigenvalue weighted by atomic mass is 14.8. The van der Waals surface area contributed by atoms with Crippen LogP contribution in [0.3, 0.4) is 0 Å². The number of rotatable bonds is 0. The summed E-state index contributed by atoms with van der Waals surface area (Å²) in [4.78, 5) is 0. The molecular weight excluding hydrogens is 168 g/mol. The van der Waals surface area contributed by atoms with Crippen molar-refractivity contribution < 1.29 is 0 Å². The molecule has 0 heteroatoms. The van der Waals surface area contributed by atoms with Crippen LogP contribution in [0.2, 0.25) is 0 Å². The second-order valence-electron chi connectivity index (χ2n) is 7.48. The Hall–Kier alpha value is 0. The Morgan fingerprint density at radius 2 is 1.79 bits per heavy atom. The van der Waals surface area contributed by atoms with Crippen LogP contribution in [0.4, 0.5) is 0 Å². The van der Waals surface area contributed by atoms with Gasteiger partial charge in [-0.25, -0.2) is 0 Å². The molecule has 0 saturated heterocycles. The summed E-state index contributed by atoms with van der Waals surface area (Å²) in [5.74, 6) is 5.79. The average molecular weight is 190 g/mol. The zero-order valence-electron chi connectivity index (χ0n) is 9.72. The number of hydrogen-bond donors (Lipinski definition) is 0. The molecule has 5 aliphatic carbocycles. The first-order valence-corrected chi connectivity index (χ1v) is 6.56. The van der Waals surface area contributed by atoms with Crippen LogP contribution in [0.5, 0.6) is 0 Å². The molecule has 78 valence electrons. The molecule has 0 aromatic carbocycles. The highest BCUT2D eigenvalue weighted by Crippen LogP contribution is 2.85. The zero-order chi connectivity index (χ0) is 9.72. The summed E-state index contributed by atoms with van der Waals surface area (Å²) in [7, 11) is 0. The molecule has 5 fully saturated rings. The van der Waals surface area contributed by atoms with E-state index in [-0.39, 0.29) is 0 Å². The molecule has 0 heterocycles. The minimum atomic E-state index is 0.674. The molecule has 14 heavy (non-hydrogen) atoms. The quantitative estimate of drug-likeness (QED) is 0.546.